The van der Waals surface area contributed by atoms with E-state index in [9.17, 15) is 8.42 Å². The first-order valence-corrected chi connectivity index (χ1v) is 6.46. The van der Waals surface area contributed by atoms with Gasteiger partial charge >= 0.3 is 0 Å². The van der Waals surface area contributed by atoms with Gasteiger partial charge in [-0.15, -0.1) is 6.58 Å². The van der Waals surface area contributed by atoms with Crippen molar-refractivity contribution in [3.8, 4) is 0 Å². The van der Waals surface area contributed by atoms with E-state index in [-0.39, 0.29) is 5.75 Å². The number of unbranched alkanes of at least 4 members (excludes halogenated alkanes) is 1. The largest absolute Gasteiger partial charge is 0.284 e. The van der Waals surface area contributed by atoms with Gasteiger partial charge in [0.15, 0.2) is 0 Å². The maximum Gasteiger partial charge on any atom is 0.232 e. The highest BCUT2D eigenvalue weighted by molar-refractivity contribution is 7.92. The van der Waals surface area contributed by atoms with E-state index in [0.717, 1.165) is 6.42 Å². The van der Waals surface area contributed by atoms with Gasteiger partial charge in [-0.05, 0) is 25.0 Å². The fourth-order valence-electron chi connectivity index (χ4n) is 1.15. The number of benzene rings is 1. The standard InChI is InChI=1S/C11H15NO2S/c1-2-3-7-10-15(13,14)12-11-8-5-4-6-9-11/h2,4-6,8-9,12H,1,3,7,10H2. The van der Waals surface area contributed by atoms with Crippen LogP contribution in [0.15, 0.2) is 43.0 Å². The van der Waals surface area contributed by atoms with Crippen LogP contribution in [-0.4, -0.2) is 14.2 Å². The van der Waals surface area contributed by atoms with Gasteiger partial charge in [-0.1, -0.05) is 24.3 Å². The Hall–Kier alpha value is -1.29. The van der Waals surface area contributed by atoms with Gasteiger partial charge in [0.05, 0.1) is 5.75 Å². The van der Waals surface area contributed by atoms with Crippen molar-refractivity contribution in [3.05, 3.63) is 43.0 Å². The van der Waals surface area contributed by atoms with Crippen molar-refractivity contribution in [2.45, 2.75) is 12.8 Å². The van der Waals surface area contributed by atoms with E-state index >= 15 is 0 Å². The third-order valence-electron chi connectivity index (χ3n) is 1.87. The Morgan fingerprint density at radius 3 is 2.53 bits per heavy atom. The molecule has 0 aliphatic rings. The lowest BCUT2D eigenvalue weighted by Crippen LogP contribution is -2.16. The van der Waals surface area contributed by atoms with Crippen LogP contribution < -0.4 is 4.72 Å². The zero-order valence-electron chi connectivity index (χ0n) is 8.52. The number of nitrogens with one attached hydrogen (secondary N) is 1. The lowest BCUT2D eigenvalue weighted by molar-refractivity contribution is 0.599. The molecule has 0 aromatic heterocycles. The molecule has 1 N–H and O–H groups in total. The average Bonchev–Trinajstić information content (AvgIpc) is 2.18. The van der Waals surface area contributed by atoms with Crippen molar-refractivity contribution < 1.29 is 8.42 Å². The SMILES string of the molecule is C=CCCCS(=O)(=O)Nc1ccccc1. The fraction of sp³-hybridized carbons (Fsp3) is 0.273. The van der Waals surface area contributed by atoms with Crippen molar-refractivity contribution >= 4 is 15.7 Å². The number of sulfonamides is 1. The van der Waals surface area contributed by atoms with Crippen LogP contribution in [0.4, 0.5) is 5.69 Å². The molecule has 0 aliphatic carbocycles. The van der Waals surface area contributed by atoms with Crippen LogP contribution in [0.2, 0.25) is 0 Å². The first-order chi connectivity index (χ1) is 7.14. The van der Waals surface area contributed by atoms with E-state index in [1.807, 2.05) is 6.07 Å². The molecule has 0 aliphatic heterocycles. The highest BCUT2D eigenvalue weighted by atomic mass is 32.2. The number of hydrogen-bond donors (Lipinski definition) is 1. The molecule has 0 fully saturated rings. The summed E-state index contributed by atoms with van der Waals surface area (Å²) in [6, 6.07) is 8.88. The van der Waals surface area contributed by atoms with Gasteiger partial charge in [0.25, 0.3) is 0 Å². The number of rotatable bonds is 6. The molecule has 0 saturated heterocycles. The van der Waals surface area contributed by atoms with Crippen LogP contribution in [0.5, 0.6) is 0 Å². The fourth-order valence-corrected chi connectivity index (χ4v) is 2.30. The summed E-state index contributed by atoms with van der Waals surface area (Å²) in [6.45, 7) is 3.55. The minimum absolute atomic E-state index is 0.133. The van der Waals surface area contributed by atoms with Crippen molar-refractivity contribution in [2.24, 2.45) is 0 Å². The lowest BCUT2D eigenvalue weighted by atomic mass is 10.3. The molecule has 1 aromatic rings. The topological polar surface area (TPSA) is 46.2 Å². The van der Waals surface area contributed by atoms with E-state index in [0.29, 0.717) is 12.1 Å². The molecule has 0 radical (unpaired) electrons. The Kier molecular flexibility index (Phi) is 4.37. The van der Waals surface area contributed by atoms with Crippen LogP contribution >= 0.6 is 0 Å². The van der Waals surface area contributed by atoms with E-state index in [1.54, 1.807) is 30.3 Å². The highest BCUT2D eigenvalue weighted by Gasteiger charge is 2.08. The van der Waals surface area contributed by atoms with Crippen molar-refractivity contribution in [3.63, 3.8) is 0 Å². The second-order valence-corrected chi connectivity index (χ2v) is 5.06. The summed E-state index contributed by atoms with van der Waals surface area (Å²) in [5.74, 6) is 0.133. The zero-order chi connectivity index (χ0) is 11.1. The second kappa shape index (κ2) is 5.56. The van der Waals surface area contributed by atoms with E-state index < -0.39 is 10.0 Å². The lowest BCUT2D eigenvalue weighted by Gasteiger charge is -2.06. The summed E-state index contributed by atoms with van der Waals surface area (Å²) >= 11 is 0. The van der Waals surface area contributed by atoms with Crippen molar-refractivity contribution in [1.29, 1.82) is 0 Å². The van der Waals surface area contributed by atoms with Gasteiger partial charge in [-0.25, -0.2) is 8.42 Å². The summed E-state index contributed by atoms with van der Waals surface area (Å²) < 4.78 is 25.6. The first kappa shape index (κ1) is 11.8. The summed E-state index contributed by atoms with van der Waals surface area (Å²) in [4.78, 5) is 0. The van der Waals surface area contributed by atoms with E-state index in [2.05, 4.69) is 11.3 Å². The molecular formula is C11H15NO2S. The Morgan fingerprint density at radius 2 is 1.93 bits per heavy atom. The van der Waals surface area contributed by atoms with Crippen LogP contribution in [0.1, 0.15) is 12.8 Å². The Bertz CT molecular complexity index is 398. The quantitative estimate of drug-likeness (QED) is 0.597. The minimum Gasteiger partial charge on any atom is -0.284 e. The predicted molar refractivity (Wildman–Crippen MR) is 63.3 cm³/mol. The van der Waals surface area contributed by atoms with E-state index in [1.165, 1.54) is 0 Å². The van der Waals surface area contributed by atoms with Gasteiger partial charge in [-0.2, -0.15) is 0 Å². The molecule has 0 heterocycles. The smallest absolute Gasteiger partial charge is 0.232 e. The van der Waals surface area contributed by atoms with Gasteiger partial charge in [0.1, 0.15) is 0 Å². The molecule has 1 aromatic carbocycles. The predicted octanol–water partition coefficient (Wildman–Crippen LogP) is 2.39. The molecule has 3 nitrogen and oxygen atoms in total. The zero-order valence-corrected chi connectivity index (χ0v) is 9.33. The second-order valence-electron chi connectivity index (χ2n) is 3.22. The van der Waals surface area contributed by atoms with Crippen LogP contribution in [0, 0.1) is 0 Å². The number of allylic oxidation sites excluding steroid dienone is 1. The number of para-hydroxylation sites is 1. The van der Waals surface area contributed by atoms with Gasteiger partial charge < -0.3 is 0 Å². The maximum absolute atomic E-state index is 11.5. The molecule has 1 rings (SSSR count). The Balaban J connectivity index is 2.53. The molecule has 82 valence electrons. The molecule has 0 unspecified atom stereocenters. The summed E-state index contributed by atoms with van der Waals surface area (Å²) in [6.07, 6.45) is 3.04. The normalized spacial score (nSPS) is 10.9. The third-order valence-corrected chi connectivity index (χ3v) is 3.24. The van der Waals surface area contributed by atoms with E-state index in [4.69, 9.17) is 0 Å². The van der Waals surface area contributed by atoms with Crippen molar-refractivity contribution in [2.75, 3.05) is 10.5 Å². The Labute approximate surface area is 90.9 Å². The number of hydrogen-bond acceptors (Lipinski definition) is 2. The van der Waals surface area contributed by atoms with Crippen LogP contribution in [0.3, 0.4) is 0 Å². The molecule has 0 saturated carbocycles. The molecule has 0 amide bonds. The molecular weight excluding hydrogens is 210 g/mol. The van der Waals surface area contributed by atoms with Gasteiger partial charge in [0, 0.05) is 5.69 Å². The minimum atomic E-state index is -3.20. The first-order valence-electron chi connectivity index (χ1n) is 4.80. The van der Waals surface area contributed by atoms with Gasteiger partial charge in [-0.3, -0.25) is 4.72 Å². The highest BCUT2D eigenvalue weighted by Crippen LogP contribution is 2.08. The monoisotopic (exact) mass is 225 g/mol. The average molecular weight is 225 g/mol. The molecule has 0 atom stereocenters. The molecule has 4 heteroatoms. The Morgan fingerprint density at radius 1 is 1.27 bits per heavy atom. The summed E-state index contributed by atoms with van der Waals surface area (Å²) in [5, 5.41) is 0. The summed E-state index contributed by atoms with van der Waals surface area (Å²) in [5.41, 5.74) is 0.608. The van der Waals surface area contributed by atoms with Crippen LogP contribution in [0.25, 0.3) is 0 Å². The van der Waals surface area contributed by atoms with Crippen LogP contribution in [-0.2, 0) is 10.0 Å². The maximum atomic E-state index is 11.5. The van der Waals surface area contributed by atoms with Crippen molar-refractivity contribution in [1.82, 2.24) is 0 Å². The molecule has 15 heavy (non-hydrogen) atoms. The van der Waals surface area contributed by atoms with Gasteiger partial charge in [0.2, 0.25) is 10.0 Å². The third kappa shape index (κ3) is 4.65. The molecule has 0 spiro atoms. The number of anilines is 1. The summed E-state index contributed by atoms with van der Waals surface area (Å²) in [7, 11) is -3.20. The molecule has 0 bridgehead atoms.